The quantitative estimate of drug-likeness (QED) is 0.754. The molecule has 2 unspecified atom stereocenters. The number of halogens is 1. The van der Waals surface area contributed by atoms with Crippen LogP contribution in [0.1, 0.15) is 13.3 Å². The van der Waals surface area contributed by atoms with Crippen molar-refractivity contribution in [1.29, 1.82) is 0 Å². The van der Waals surface area contributed by atoms with Crippen LogP contribution in [-0.2, 0) is 0 Å². The van der Waals surface area contributed by atoms with Crippen LogP contribution in [0.4, 0.5) is 11.8 Å². The smallest absolute Gasteiger partial charge is 0.228 e. The number of hydrogen-bond donors (Lipinski definition) is 2. The molecule has 0 radical (unpaired) electrons. The van der Waals surface area contributed by atoms with Crippen LogP contribution in [-0.4, -0.2) is 34.3 Å². The van der Waals surface area contributed by atoms with Crippen molar-refractivity contribution in [3.63, 3.8) is 0 Å². The standard InChI is InChI=1S/C10H15BrN4O/c1-6-5-15(3-2-7(6)16)10-13-8(11)4-9(12)14-10/h4,6-7,16H,2-3,5H2,1H3,(H2,12,13,14). The van der Waals surface area contributed by atoms with Gasteiger partial charge in [0.25, 0.3) is 0 Å². The normalized spacial score (nSPS) is 25.8. The van der Waals surface area contributed by atoms with Crippen LogP contribution in [0.15, 0.2) is 10.7 Å². The zero-order valence-electron chi connectivity index (χ0n) is 9.10. The predicted molar refractivity (Wildman–Crippen MR) is 66.1 cm³/mol. The molecule has 1 aromatic heterocycles. The third-order valence-corrected chi connectivity index (χ3v) is 3.25. The number of nitrogens with zero attached hydrogens (tertiary/aromatic N) is 3. The Balaban J connectivity index is 2.18. The van der Waals surface area contributed by atoms with E-state index in [1.54, 1.807) is 6.07 Å². The van der Waals surface area contributed by atoms with E-state index in [1.165, 1.54) is 0 Å². The second-order valence-corrected chi connectivity index (χ2v) is 5.01. The van der Waals surface area contributed by atoms with Gasteiger partial charge in [0.1, 0.15) is 10.4 Å². The van der Waals surface area contributed by atoms with Crippen LogP contribution in [0.3, 0.4) is 0 Å². The number of aromatic nitrogens is 2. The third kappa shape index (κ3) is 2.44. The zero-order chi connectivity index (χ0) is 11.7. The van der Waals surface area contributed by atoms with Crippen molar-refractivity contribution in [2.45, 2.75) is 19.4 Å². The molecule has 0 saturated carbocycles. The summed E-state index contributed by atoms with van der Waals surface area (Å²) in [5.41, 5.74) is 5.67. The van der Waals surface area contributed by atoms with Gasteiger partial charge in [0.15, 0.2) is 0 Å². The molecule has 16 heavy (non-hydrogen) atoms. The molecule has 88 valence electrons. The third-order valence-electron chi connectivity index (χ3n) is 2.85. The summed E-state index contributed by atoms with van der Waals surface area (Å²) in [5.74, 6) is 1.32. The van der Waals surface area contributed by atoms with E-state index < -0.39 is 0 Å². The number of aliphatic hydroxyl groups is 1. The Morgan fingerprint density at radius 2 is 2.31 bits per heavy atom. The van der Waals surface area contributed by atoms with E-state index in [4.69, 9.17) is 5.73 Å². The van der Waals surface area contributed by atoms with Gasteiger partial charge in [-0.05, 0) is 28.3 Å². The molecule has 6 heteroatoms. The summed E-state index contributed by atoms with van der Waals surface area (Å²) in [5, 5.41) is 9.65. The summed E-state index contributed by atoms with van der Waals surface area (Å²) >= 11 is 3.30. The Morgan fingerprint density at radius 3 is 2.94 bits per heavy atom. The number of nitrogens with two attached hydrogens (primary N) is 1. The summed E-state index contributed by atoms with van der Waals surface area (Å²) in [4.78, 5) is 10.5. The molecular weight excluding hydrogens is 272 g/mol. The highest BCUT2D eigenvalue weighted by molar-refractivity contribution is 9.10. The Kier molecular flexibility index (Phi) is 3.30. The average molecular weight is 287 g/mol. The number of aliphatic hydroxyl groups excluding tert-OH is 1. The van der Waals surface area contributed by atoms with E-state index in [1.807, 2.05) is 6.92 Å². The van der Waals surface area contributed by atoms with Gasteiger partial charge in [-0.25, -0.2) is 4.98 Å². The Labute approximate surface area is 103 Å². The van der Waals surface area contributed by atoms with E-state index in [-0.39, 0.29) is 12.0 Å². The molecule has 1 aromatic rings. The molecule has 2 atom stereocenters. The fourth-order valence-corrected chi connectivity index (χ4v) is 2.27. The SMILES string of the molecule is CC1CN(c2nc(N)cc(Br)n2)CCC1O. The molecule has 1 aliphatic rings. The van der Waals surface area contributed by atoms with E-state index in [0.717, 1.165) is 19.5 Å². The van der Waals surface area contributed by atoms with Crippen LogP contribution in [0, 0.1) is 5.92 Å². The maximum absolute atomic E-state index is 9.65. The summed E-state index contributed by atoms with van der Waals surface area (Å²) in [6, 6.07) is 1.67. The lowest BCUT2D eigenvalue weighted by atomic mass is 9.97. The van der Waals surface area contributed by atoms with Gasteiger partial charge in [-0.1, -0.05) is 6.92 Å². The predicted octanol–water partition coefficient (Wildman–Crippen LogP) is 1.03. The van der Waals surface area contributed by atoms with Crippen molar-refractivity contribution in [2.75, 3.05) is 23.7 Å². The van der Waals surface area contributed by atoms with Crippen LogP contribution < -0.4 is 10.6 Å². The van der Waals surface area contributed by atoms with Gasteiger partial charge in [0, 0.05) is 19.2 Å². The number of hydrogen-bond acceptors (Lipinski definition) is 5. The van der Waals surface area contributed by atoms with Crippen LogP contribution in [0.2, 0.25) is 0 Å². The first-order chi connectivity index (χ1) is 7.56. The topological polar surface area (TPSA) is 75.3 Å². The lowest BCUT2D eigenvalue weighted by Crippen LogP contribution is -2.42. The molecule has 2 rings (SSSR count). The molecule has 1 fully saturated rings. The Bertz CT molecular complexity index is 367. The van der Waals surface area contributed by atoms with Gasteiger partial charge in [-0.3, -0.25) is 0 Å². The molecule has 0 bridgehead atoms. The maximum Gasteiger partial charge on any atom is 0.228 e. The van der Waals surface area contributed by atoms with Gasteiger partial charge >= 0.3 is 0 Å². The van der Waals surface area contributed by atoms with Crippen molar-refractivity contribution in [3.05, 3.63) is 10.7 Å². The molecule has 1 aliphatic heterocycles. The number of nitrogen functional groups attached to an aromatic ring is 1. The zero-order valence-corrected chi connectivity index (χ0v) is 10.7. The second kappa shape index (κ2) is 4.55. The molecule has 1 saturated heterocycles. The van der Waals surface area contributed by atoms with Crippen LogP contribution in [0.5, 0.6) is 0 Å². The monoisotopic (exact) mass is 286 g/mol. The first kappa shape index (κ1) is 11.6. The van der Waals surface area contributed by atoms with Crippen molar-refractivity contribution >= 4 is 27.7 Å². The second-order valence-electron chi connectivity index (χ2n) is 4.19. The largest absolute Gasteiger partial charge is 0.393 e. The number of rotatable bonds is 1. The van der Waals surface area contributed by atoms with Crippen LogP contribution in [0.25, 0.3) is 0 Å². The lowest BCUT2D eigenvalue weighted by Gasteiger charge is -2.34. The summed E-state index contributed by atoms with van der Waals surface area (Å²) in [6.07, 6.45) is 0.525. The maximum atomic E-state index is 9.65. The van der Waals surface area contributed by atoms with Crippen molar-refractivity contribution in [3.8, 4) is 0 Å². The Morgan fingerprint density at radius 1 is 1.56 bits per heavy atom. The van der Waals surface area contributed by atoms with E-state index in [2.05, 4.69) is 30.8 Å². The van der Waals surface area contributed by atoms with Gasteiger partial charge in [0.05, 0.1) is 6.10 Å². The van der Waals surface area contributed by atoms with Crippen molar-refractivity contribution in [1.82, 2.24) is 9.97 Å². The fraction of sp³-hybridized carbons (Fsp3) is 0.600. The minimum Gasteiger partial charge on any atom is -0.393 e. The first-order valence-electron chi connectivity index (χ1n) is 5.29. The molecule has 2 heterocycles. The fourth-order valence-electron chi connectivity index (χ4n) is 1.88. The van der Waals surface area contributed by atoms with Gasteiger partial charge in [-0.15, -0.1) is 0 Å². The highest BCUT2D eigenvalue weighted by atomic mass is 79.9. The molecule has 0 aliphatic carbocycles. The molecular formula is C10H15BrN4O. The molecule has 0 aromatic carbocycles. The summed E-state index contributed by atoms with van der Waals surface area (Å²) < 4.78 is 0.689. The first-order valence-corrected chi connectivity index (χ1v) is 6.08. The molecule has 0 spiro atoms. The van der Waals surface area contributed by atoms with E-state index in [0.29, 0.717) is 16.4 Å². The Hall–Kier alpha value is -0.880. The number of anilines is 2. The highest BCUT2D eigenvalue weighted by Gasteiger charge is 2.25. The molecule has 3 N–H and O–H groups in total. The van der Waals surface area contributed by atoms with Gasteiger partial charge in [0.2, 0.25) is 5.95 Å². The minimum atomic E-state index is -0.222. The molecule has 0 amide bonds. The average Bonchev–Trinajstić information content (AvgIpc) is 2.20. The van der Waals surface area contributed by atoms with Gasteiger partial charge < -0.3 is 15.7 Å². The summed E-state index contributed by atoms with van der Waals surface area (Å²) in [7, 11) is 0. The van der Waals surface area contributed by atoms with Crippen molar-refractivity contribution in [2.24, 2.45) is 5.92 Å². The van der Waals surface area contributed by atoms with E-state index >= 15 is 0 Å². The number of piperidine rings is 1. The van der Waals surface area contributed by atoms with Crippen LogP contribution >= 0.6 is 15.9 Å². The van der Waals surface area contributed by atoms with Gasteiger partial charge in [-0.2, -0.15) is 4.98 Å². The highest BCUT2D eigenvalue weighted by Crippen LogP contribution is 2.22. The minimum absolute atomic E-state index is 0.222. The van der Waals surface area contributed by atoms with Crippen molar-refractivity contribution < 1.29 is 5.11 Å². The summed E-state index contributed by atoms with van der Waals surface area (Å²) in [6.45, 7) is 3.55. The lowest BCUT2D eigenvalue weighted by molar-refractivity contribution is 0.0966. The van der Waals surface area contributed by atoms with E-state index in [9.17, 15) is 5.11 Å². The molecule has 5 nitrogen and oxygen atoms in total.